The van der Waals surface area contributed by atoms with Gasteiger partial charge in [0.25, 0.3) is 0 Å². The first-order valence-electron chi connectivity index (χ1n) is 4.56. The molecule has 0 aliphatic heterocycles. The van der Waals surface area contributed by atoms with Crippen molar-refractivity contribution in [2.24, 2.45) is 5.73 Å². The van der Waals surface area contributed by atoms with E-state index < -0.39 is 41.6 Å². The number of rotatable bonds is 3. The minimum absolute atomic E-state index is 0.687. The maximum Gasteiger partial charge on any atom is 0.416 e. The van der Waals surface area contributed by atoms with Crippen LogP contribution in [0, 0.1) is 5.82 Å². The van der Waals surface area contributed by atoms with E-state index in [4.69, 9.17) is 10.8 Å². The zero-order valence-corrected chi connectivity index (χ0v) is 8.46. The number of nitrogens with two attached hydrogens (primary N) is 1. The summed E-state index contributed by atoms with van der Waals surface area (Å²) in [6.45, 7) is 0. The van der Waals surface area contributed by atoms with Crippen molar-refractivity contribution >= 4 is 5.97 Å². The van der Waals surface area contributed by atoms with Gasteiger partial charge in [-0.05, 0) is 12.1 Å². The molecule has 3 N–H and O–H groups in total. The van der Waals surface area contributed by atoms with Crippen LogP contribution in [-0.4, -0.2) is 17.1 Å². The number of carboxylic acid groups (broad SMARTS) is 1. The molecule has 0 aliphatic carbocycles. The zero-order valence-electron chi connectivity index (χ0n) is 8.46. The van der Waals surface area contributed by atoms with E-state index in [0.717, 1.165) is 12.1 Å². The molecule has 0 saturated heterocycles. The predicted molar refractivity (Wildman–Crippen MR) is 50.7 cm³/mol. The Morgan fingerprint density at radius 3 is 2.47 bits per heavy atom. The number of hydrogen-bond acceptors (Lipinski definition) is 2. The maximum absolute atomic E-state index is 13.3. The number of benzene rings is 1. The van der Waals surface area contributed by atoms with Gasteiger partial charge in [-0.2, -0.15) is 13.2 Å². The predicted octanol–water partition coefficient (Wildman–Crippen LogP) is 1.80. The lowest BCUT2D eigenvalue weighted by atomic mass is 9.99. The third kappa shape index (κ3) is 3.16. The second-order valence-electron chi connectivity index (χ2n) is 3.41. The van der Waals surface area contributed by atoms with Crippen LogP contribution in [0.3, 0.4) is 0 Å². The Kier molecular flexibility index (Phi) is 3.72. The SMILES string of the molecule is N[C@@H](Cc1c(F)cccc1C(F)(F)F)C(=O)O. The topological polar surface area (TPSA) is 63.3 Å². The highest BCUT2D eigenvalue weighted by molar-refractivity contribution is 5.73. The van der Waals surface area contributed by atoms with E-state index in [1.54, 1.807) is 0 Å². The summed E-state index contributed by atoms with van der Waals surface area (Å²) >= 11 is 0. The average Bonchev–Trinajstić information content (AvgIpc) is 2.18. The molecule has 0 radical (unpaired) electrons. The highest BCUT2D eigenvalue weighted by Crippen LogP contribution is 2.33. The normalized spacial score (nSPS) is 13.5. The van der Waals surface area contributed by atoms with Crippen molar-refractivity contribution in [3.8, 4) is 0 Å². The van der Waals surface area contributed by atoms with E-state index in [2.05, 4.69) is 0 Å². The van der Waals surface area contributed by atoms with Crippen molar-refractivity contribution < 1.29 is 27.5 Å². The van der Waals surface area contributed by atoms with Gasteiger partial charge >= 0.3 is 12.1 Å². The molecule has 0 spiro atoms. The van der Waals surface area contributed by atoms with E-state index in [1.807, 2.05) is 0 Å². The van der Waals surface area contributed by atoms with Crippen molar-refractivity contribution in [2.45, 2.75) is 18.6 Å². The summed E-state index contributed by atoms with van der Waals surface area (Å²) < 4.78 is 50.8. The Bertz CT molecular complexity index is 431. The lowest BCUT2D eigenvalue weighted by molar-refractivity contribution is -0.141. The lowest BCUT2D eigenvalue weighted by Crippen LogP contribution is -2.33. The fraction of sp³-hybridized carbons (Fsp3) is 0.300. The largest absolute Gasteiger partial charge is 0.480 e. The standard InChI is InChI=1S/C10H9F4NO2/c11-7-3-1-2-6(10(12,13)14)5(7)4-8(15)9(16)17/h1-3,8H,4,15H2,(H,16,17)/t8-/m0/s1. The van der Waals surface area contributed by atoms with Gasteiger partial charge in [0.05, 0.1) is 5.56 Å². The van der Waals surface area contributed by atoms with Gasteiger partial charge in [-0.25, -0.2) is 4.39 Å². The van der Waals surface area contributed by atoms with Crippen LogP contribution >= 0.6 is 0 Å². The summed E-state index contributed by atoms with van der Waals surface area (Å²) in [5.41, 5.74) is 3.17. The van der Waals surface area contributed by atoms with E-state index >= 15 is 0 Å². The Hall–Kier alpha value is -1.63. The molecule has 7 heteroatoms. The third-order valence-electron chi connectivity index (χ3n) is 2.17. The Labute approximate surface area is 93.8 Å². The molecule has 3 nitrogen and oxygen atoms in total. The second-order valence-corrected chi connectivity index (χ2v) is 3.41. The molecule has 0 unspecified atom stereocenters. The smallest absolute Gasteiger partial charge is 0.416 e. The molecule has 1 rings (SSSR count). The summed E-state index contributed by atoms with van der Waals surface area (Å²) in [5, 5.41) is 8.50. The van der Waals surface area contributed by atoms with Crippen LogP contribution in [0.1, 0.15) is 11.1 Å². The van der Waals surface area contributed by atoms with Crippen LogP contribution in [-0.2, 0) is 17.4 Å². The minimum atomic E-state index is -4.74. The molecule has 0 aliphatic rings. The van der Waals surface area contributed by atoms with E-state index in [0.29, 0.717) is 6.07 Å². The maximum atomic E-state index is 13.3. The van der Waals surface area contributed by atoms with Crippen LogP contribution < -0.4 is 5.73 Å². The number of carbonyl (C=O) groups is 1. The second kappa shape index (κ2) is 4.70. The van der Waals surface area contributed by atoms with Crippen LogP contribution in [0.25, 0.3) is 0 Å². The minimum Gasteiger partial charge on any atom is -0.480 e. The molecule has 0 amide bonds. The van der Waals surface area contributed by atoms with Crippen molar-refractivity contribution in [1.29, 1.82) is 0 Å². The van der Waals surface area contributed by atoms with Crippen LogP contribution in [0.15, 0.2) is 18.2 Å². The summed E-state index contributed by atoms with van der Waals surface area (Å²) in [5.74, 6) is -2.60. The molecule has 0 fully saturated rings. The van der Waals surface area contributed by atoms with Gasteiger partial charge in [-0.1, -0.05) is 6.07 Å². The van der Waals surface area contributed by atoms with E-state index in [9.17, 15) is 22.4 Å². The molecule has 0 bridgehead atoms. The number of carboxylic acids is 1. The van der Waals surface area contributed by atoms with E-state index in [1.165, 1.54) is 0 Å². The monoisotopic (exact) mass is 251 g/mol. The van der Waals surface area contributed by atoms with Gasteiger partial charge in [-0.15, -0.1) is 0 Å². The first kappa shape index (κ1) is 13.4. The third-order valence-corrected chi connectivity index (χ3v) is 2.17. The fourth-order valence-corrected chi connectivity index (χ4v) is 1.34. The summed E-state index contributed by atoms with van der Waals surface area (Å²) in [7, 11) is 0. The molecular formula is C10H9F4NO2. The van der Waals surface area contributed by atoms with Crippen LogP contribution in [0.5, 0.6) is 0 Å². The number of aliphatic carboxylic acids is 1. The Morgan fingerprint density at radius 1 is 1.41 bits per heavy atom. The highest BCUT2D eigenvalue weighted by atomic mass is 19.4. The first-order chi connectivity index (χ1) is 7.73. The van der Waals surface area contributed by atoms with Gasteiger partial charge in [0.1, 0.15) is 11.9 Å². The molecule has 1 aromatic rings. The van der Waals surface area contributed by atoms with Gasteiger partial charge in [-0.3, -0.25) is 4.79 Å². The summed E-state index contributed by atoms with van der Waals surface area (Å²) in [6, 6.07) is 0.855. The molecule has 1 atom stereocenters. The van der Waals surface area contributed by atoms with Crippen LogP contribution in [0.4, 0.5) is 17.6 Å². The van der Waals surface area contributed by atoms with Crippen molar-refractivity contribution in [3.63, 3.8) is 0 Å². The molecule has 94 valence electrons. The summed E-state index contributed by atoms with van der Waals surface area (Å²) in [6.07, 6.45) is -5.45. The summed E-state index contributed by atoms with van der Waals surface area (Å²) in [4.78, 5) is 10.4. The molecule has 0 saturated carbocycles. The lowest BCUT2D eigenvalue weighted by Gasteiger charge is -2.15. The molecule has 0 heterocycles. The molecule has 17 heavy (non-hydrogen) atoms. The average molecular weight is 251 g/mol. The number of hydrogen-bond donors (Lipinski definition) is 2. The Balaban J connectivity index is 3.17. The molecule has 0 aromatic heterocycles. The van der Waals surface area contributed by atoms with Gasteiger partial charge in [0.2, 0.25) is 0 Å². The number of alkyl halides is 3. The van der Waals surface area contributed by atoms with Gasteiger partial charge in [0.15, 0.2) is 0 Å². The van der Waals surface area contributed by atoms with Crippen molar-refractivity contribution in [3.05, 3.63) is 35.1 Å². The quantitative estimate of drug-likeness (QED) is 0.805. The van der Waals surface area contributed by atoms with Crippen molar-refractivity contribution in [2.75, 3.05) is 0 Å². The van der Waals surface area contributed by atoms with Gasteiger partial charge in [0, 0.05) is 12.0 Å². The first-order valence-corrected chi connectivity index (χ1v) is 4.56. The zero-order chi connectivity index (χ0) is 13.2. The Morgan fingerprint density at radius 2 is 2.00 bits per heavy atom. The van der Waals surface area contributed by atoms with Gasteiger partial charge < -0.3 is 10.8 Å². The number of halogens is 4. The van der Waals surface area contributed by atoms with Crippen LogP contribution in [0.2, 0.25) is 0 Å². The highest BCUT2D eigenvalue weighted by Gasteiger charge is 2.35. The fourth-order valence-electron chi connectivity index (χ4n) is 1.34. The van der Waals surface area contributed by atoms with Crippen molar-refractivity contribution in [1.82, 2.24) is 0 Å². The molecular weight excluding hydrogens is 242 g/mol. The van der Waals surface area contributed by atoms with E-state index in [-0.39, 0.29) is 0 Å². The molecule has 1 aromatic carbocycles.